The van der Waals surface area contributed by atoms with Crippen LogP contribution in [0.5, 0.6) is 0 Å². The molecule has 0 radical (unpaired) electrons. The van der Waals surface area contributed by atoms with Crippen molar-refractivity contribution in [3.8, 4) is 0 Å². The number of ether oxygens (including phenoxy) is 1. The van der Waals surface area contributed by atoms with Crippen LogP contribution in [0.3, 0.4) is 0 Å². The molecule has 0 bridgehead atoms. The Balaban J connectivity index is 2.08. The fourth-order valence-electron chi connectivity index (χ4n) is 2.64. The molecular formula is C18H34N4O2. The molecule has 0 aliphatic heterocycles. The highest BCUT2D eigenvalue weighted by Crippen LogP contribution is 2.12. The van der Waals surface area contributed by atoms with Crippen molar-refractivity contribution < 1.29 is 9.53 Å². The van der Waals surface area contributed by atoms with Crippen molar-refractivity contribution in [2.75, 3.05) is 6.61 Å². The van der Waals surface area contributed by atoms with E-state index in [0.29, 0.717) is 12.4 Å². The fourth-order valence-corrected chi connectivity index (χ4v) is 2.64. The lowest BCUT2D eigenvalue weighted by molar-refractivity contribution is -0.144. The summed E-state index contributed by atoms with van der Waals surface area (Å²) in [6.07, 6.45) is 13.0. The van der Waals surface area contributed by atoms with Gasteiger partial charge in [0.15, 0.2) is 5.82 Å². The second kappa shape index (κ2) is 12.9. The van der Waals surface area contributed by atoms with Crippen molar-refractivity contribution in [3.05, 3.63) is 5.82 Å². The number of nitrogens with zero attached hydrogens (tertiary/aromatic N) is 4. The average Bonchev–Trinajstić information content (AvgIpc) is 3.05. The molecule has 0 saturated heterocycles. The van der Waals surface area contributed by atoms with Crippen molar-refractivity contribution in [2.24, 2.45) is 0 Å². The molecule has 1 aromatic heterocycles. The summed E-state index contributed by atoms with van der Waals surface area (Å²) in [6, 6.07) is 0. The van der Waals surface area contributed by atoms with E-state index in [0.717, 1.165) is 13.0 Å². The normalized spacial score (nSPS) is 12.3. The molecule has 0 N–H and O–H groups in total. The Morgan fingerprint density at radius 2 is 1.58 bits per heavy atom. The van der Waals surface area contributed by atoms with Crippen molar-refractivity contribution in [3.63, 3.8) is 0 Å². The van der Waals surface area contributed by atoms with Gasteiger partial charge in [0.25, 0.3) is 0 Å². The number of aryl methyl sites for hydroxylation is 1. The van der Waals surface area contributed by atoms with Gasteiger partial charge in [-0.3, -0.25) is 4.79 Å². The van der Waals surface area contributed by atoms with Crippen molar-refractivity contribution in [2.45, 2.75) is 97.4 Å². The SMILES string of the molecule is CCCCCCCCCCCCn1nnc(C(C)C(=O)OCC)n1. The molecule has 0 amide bonds. The predicted molar refractivity (Wildman–Crippen MR) is 94.7 cm³/mol. The predicted octanol–water partition coefficient (Wildman–Crippen LogP) is 4.26. The highest BCUT2D eigenvalue weighted by Gasteiger charge is 2.21. The monoisotopic (exact) mass is 338 g/mol. The first-order valence-electron chi connectivity index (χ1n) is 9.63. The summed E-state index contributed by atoms with van der Waals surface area (Å²) in [5.74, 6) is -0.303. The molecule has 1 rings (SSSR count). The van der Waals surface area contributed by atoms with E-state index in [9.17, 15) is 4.79 Å². The zero-order valence-corrected chi connectivity index (χ0v) is 15.7. The standard InChI is InChI=1S/C18H34N4O2/c1-4-6-7-8-9-10-11-12-13-14-15-22-20-17(19-21-22)16(3)18(23)24-5-2/h16H,4-15H2,1-3H3. The molecule has 0 aromatic carbocycles. The minimum atomic E-state index is -0.452. The number of hydrogen-bond acceptors (Lipinski definition) is 5. The maximum absolute atomic E-state index is 11.7. The fraction of sp³-hybridized carbons (Fsp3) is 0.889. The lowest BCUT2D eigenvalue weighted by atomic mass is 10.1. The average molecular weight is 338 g/mol. The first-order valence-corrected chi connectivity index (χ1v) is 9.63. The lowest BCUT2D eigenvalue weighted by Gasteiger charge is -2.05. The van der Waals surface area contributed by atoms with Crippen molar-refractivity contribution in [1.82, 2.24) is 20.2 Å². The topological polar surface area (TPSA) is 69.9 Å². The van der Waals surface area contributed by atoms with Gasteiger partial charge in [0.05, 0.1) is 13.2 Å². The van der Waals surface area contributed by atoms with Gasteiger partial charge >= 0.3 is 5.97 Å². The Hall–Kier alpha value is -1.46. The molecule has 0 saturated carbocycles. The maximum atomic E-state index is 11.7. The molecule has 1 heterocycles. The number of unbranched alkanes of at least 4 members (excludes halogenated alkanes) is 9. The Labute approximate surface area is 146 Å². The van der Waals surface area contributed by atoms with Crippen LogP contribution in [0.25, 0.3) is 0 Å². The van der Waals surface area contributed by atoms with Crippen LogP contribution in [0.15, 0.2) is 0 Å². The third-order valence-electron chi connectivity index (χ3n) is 4.21. The number of hydrogen-bond donors (Lipinski definition) is 0. The van der Waals surface area contributed by atoms with Gasteiger partial charge in [0.1, 0.15) is 5.92 Å². The molecule has 1 atom stereocenters. The van der Waals surface area contributed by atoms with E-state index < -0.39 is 5.92 Å². The van der Waals surface area contributed by atoms with Gasteiger partial charge < -0.3 is 4.74 Å². The number of tetrazole rings is 1. The number of rotatable bonds is 14. The van der Waals surface area contributed by atoms with Gasteiger partial charge in [-0.15, -0.1) is 10.2 Å². The van der Waals surface area contributed by atoms with Gasteiger partial charge in [-0.2, -0.15) is 4.80 Å². The van der Waals surface area contributed by atoms with Crippen LogP contribution >= 0.6 is 0 Å². The third-order valence-corrected chi connectivity index (χ3v) is 4.21. The number of aromatic nitrogens is 4. The second-order valence-electron chi connectivity index (χ2n) is 6.40. The van der Waals surface area contributed by atoms with E-state index in [1.54, 1.807) is 18.6 Å². The van der Waals surface area contributed by atoms with Gasteiger partial charge in [0.2, 0.25) is 0 Å². The second-order valence-corrected chi connectivity index (χ2v) is 6.40. The van der Waals surface area contributed by atoms with Crippen LogP contribution in [0.4, 0.5) is 0 Å². The molecule has 6 heteroatoms. The summed E-state index contributed by atoms with van der Waals surface area (Å²) >= 11 is 0. The molecule has 0 aliphatic carbocycles. The highest BCUT2D eigenvalue weighted by molar-refractivity contribution is 5.76. The van der Waals surface area contributed by atoms with Crippen LogP contribution in [-0.2, 0) is 16.1 Å². The number of esters is 1. The van der Waals surface area contributed by atoms with E-state index in [2.05, 4.69) is 22.3 Å². The smallest absolute Gasteiger partial charge is 0.316 e. The Morgan fingerprint density at radius 1 is 1.00 bits per heavy atom. The van der Waals surface area contributed by atoms with Gasteiger partial charge in [-0.05, 0) is 25.5 Å². The quantitative estimate of drug-likeness (QED) is 0.374. The minimum absolute atomic E-state index is 0.295. The highest BCUT2D eigenvalue weighted by atomic mass is 16.5. The molecule has 1 unspecified atom stereocenters. The zero-order valence-electron chi connectivity index (χ0n) is 15.7. The Bertz CT molecular complexity index is 448. The van der Waals surface area contributed by atoms with Gasteiger partial charge in [-0.25, -0.2) is 0 Å². The summed E-state index contributed by atoms with van der Waals surface area (Å²) in [5.41, 5.74) is 0. The summed E-state index contributed by atoms with van der Waals surface area (Å²) in [7, 11) is 0. The first kappa shape index (κ1) is 20.6. The van der Waals surface area contributed by atoms with Crippen molar-refractivity contribution >= 4 is 5.97 Å². The maximum Gasteiger partial charge on any atom is 0.316 e. The molecule has 0 aliphatic rings. The van der Waals surface area contributed by atoms with Gasteiger partial charge in [0, 0.05) is 0 Å². The molecule has 138 valence electrons. The van der Waals surface area contributed by atoms with E-state index in [-0.39, 0.29) is 5.97 Å². The molecule has 6 nitrogen and oxygen atoms in total. The van der Waals surface area contributed by atoms with E-state index in [1.165, 1.54) is 57.8 Å². The van der Waals surface area contributed by atoms with Crippen molar-refractivity contribution in [1.29, 1.82) is 0 Å². The van der Waals surface area contributed by atoms with Crippen LogP contribution < -0.4 is 0 Å². The van der Waals surface area contributed by atoms with Crippen LogP contribution in [-0.4, -0.2) is 32.8 Å². The zero-order chi connectivity index (χ0) is 17.6. The van der Waals surface area contributed by atoms with E-state index in [1.807, 2.05) is 0 Å². The van der Waals surface area contributed by atoms with E-state index >= 15 is 0 Å². The minimum Gasteiger partial charge on any atom is -0.465 e. The molecular weight excluding hydrogens is 304 g/mol. The van der Waals surface area contributed by atoms with Crippen LogP contribution in [0, 0.1) is 0 Å². The van der Waals surface area contributed by atoms with E-state index in [4.69, 9.17) is 4.74 Å². The summed E-state index contributed by atoms with van der Waals surface area (Å²) < 4.78 is 4.98. The Morgan fingerprint density at radius 3 is 2.17 bits per heavy atom. The number of carbonyl (C=O) groups excluding carboxylic acids is 1. The molecule has 24 heavy (non-hydrogen) atoms. The number of carbonyl (C=O) groups is 1. The largest absolute Gasteiger partial charge is 0.465 e. The summed E-state index contributed by atoms with van der Waals surface area (Å²) in [4.78, 5) is 13.3. The Kier molecular flexibility index (Phi) is 11.1. The third kappa shape index (κ3) is 8.41. The molecule has 0 fully saturated rings. The van der Waals surface area contributed by atoms with Gasteiger partial charge in [-0.1, -0.05) is 64.7 Å². The summed E-state index contributed by atoms with van der Waals surface area (Å²) in [6.45, 7) is 6.93. The molecule has 0 spiro atoms. The first-order chi connectivity index (χ1) is 11.7. The van der Waals surface area contributed by atoms with Crippen LogP contribution in [0.1, 0.15) is 96.7 Å². The van der Waals surface area contributed by atoms with Crippen LogP contribution in [0.2, 0.25) is 0 Å². The lowest BCUT2D eigenvalue weighted by Crippen LogP contribution is -2.14. The summed E-state index contributed by atoms with van der Waals surface area (Å²) in [5, 5.41) is 12.3. The molecule has 1 aromatic rings.